The maximum absolute atomic E-state index is 11.8. The number of rotatable bonds is 4. The van der Waals surface area contributed by atoms with Crippen LogP contribution in [0.4, 0.5) is 4.79 Å². The molecule has 122 valence electrons. The number of carbonyl (C=O) groups is 2. The van der Waals surface area contributed by atoms with Gasteiger partial charge in [0.2, 0.25) is 5.91 Å². The van der Waals surface area contributed by atoms with Gasteiger partial charge < -0.3 is 4.74 Å². The molecule has 1 aromatic carbocycles. The highest BCUT2D eigenvalue weighted by Crippen LogP contribution is 2.28. The summed E-state index contributed by atoms with van der Waals surface area (Å²) in [5.74, 6) is -0.439. The number of amides is 2. The number of alkyl carbamates (subject to hydrolysis) is 1. The van der Waals surface area contributed by atoms with E-state index in [-0.39, 0.29) is 0 Å². The van der Waals surface area contributed by atoms with Gasteiger partial charge in [0, 0.05) is 0 Å². The molecule has 1 N–H and O–H groups in total. The van der Waals surface area contributed by atoms with Crippen molar-refractivity contribution in [1.29, 1.82) is 0 Å². The fourth-order valence-electron chi connectivity index (χ4n) is 1.72. The summed E-state index contributed by atoms with van der Waals surface area (Å²) in [6, 6.07) is 7.79. The van der Waals surface area contributed by atoms with Crippen molar-refractivity contribution in [3.8, 4) is 5.69 Å². The summed E-state index contributed by atoms with van der Waals surface area (Å²) in [4.78, 5) is 22.9. The van der Waals surface area contributed by atoms with E-state index < -0.39 is 17.3 Å². The zero-order valence-corrected chi connectivity index (χ0v) is 15.2. The molecule has 1 aromatic heterocycles. The molecule has 23 heavy (non-hydrogen) atoms. The molecule has 0 aliphatic carbocycles. The number of para-hydroxylation sites is 1. The molecule has 0 aliphatic rings. The van der Waals surface area contributed by atoms with E-state index in [9.17, 15) is 9.59 Å². The Hall–Kier alpha value is -1.71. The van der Waals surface area contributed by atoms with Crippen molar-refractivity contribution in [1.82, 2.24) is 15.1 Å². The molecule has 2 rings (SSSR count). The number of imide groups is 1. The second-order valence-corrected chi connectivity index (χ2v) is 7.78. The average molecular weight is 369 g/mol. The van der Waals surface area contributed by atoms with Crippen LogP contribution in [-0.2, 0) is 9.53 Å². The third-order valence-electron chi connectivity index (χ3n) is 2.93. The number of ether oxygens (including phenoxy) is 1. The van der Waals surface area contributed by atoms with Crippen LogP contribution in [0.2, 0.25) is 0 Å². The number of benzene rings is 1. The van der Waals surface area contributed by atoms with Gasteiger partial charge in [0.1, 0.15) is 0 Å². The van der Waals surface area contributed by atoms with E-state index >= 15 is 0 Å². The van der Waals surface area contributed by atoms with Gasteiger partial charge in [-0.15, -0.1) is 5.10 Å². The van der Waals surface area contributed by atoms with Crippen LogP contribution in [0.25, 0.3) is 5.69 Å². The van der Waals surface area contributed by atoms with Crippen LogP contribution in [0.15, 0.2) is 28.6 Å². The summed E-state index contributed by atoms with van der Waals surface area (Å²) in [6.45, 7) is 3.67. The fourth-order valence-corrected chi connectivity index (χ4v) is 4.21. The van der Waals surface area contributed by atoms with E-state index in [0.717, 1.165) is 11.3 Å². The largest absolute Gasteiger partial charge is 0.453 e. The molecular weight excluding hydrogens is 354 g/mol. The van der Waals surface area contributed by atoms with E-state index in [2.05, 4.69) is 15.2 Å². The van der Waals surface area contributed by atoms with Crippen molar-refractivity contribution in [2.75, 3.05) is 7.11 Å². The summed E-state index contributed by atoms with van der Waals surface area (Å²) in [7, 11) is 1.20. The van der Waals surface area contributed by atoms with Gasteiger partial charge in [-0.3, -0.25) is 10.1 Å². The number of methoxy groups -OCH3 is 1. The van der Waals surface area contributed by atoms with Gasteiger partial charge in [0.15, 0.2) is 8.29 Å². The average Bonchev–Trinajstić information content (AvgIpc) is 2.87. The molecule has 0 spiro atoms. The number of hydrogen-bond donors (Lipinski definition) is 1. The first kappa shape index (κ1) is 17.6. The molecule has 0 radical (unpaired) electrons. The van der Waals surface area contributed by atoms with E-state index in [4.69, 9.17) is 12.2 Å². The van der Waals surface area contributed by atoms with Crippen LogP contribution >= 0.6 is 35.3 Å². The fraction of sp³-hybridized carbons (Fsp3) is 0.286. The lowest BCUT2D eigenvalue weighted by Crippen LogP contribution is -2.35. The first-order chi connectivity index (χ1) is 10.9. The molecule has 0 bridgehead atoms. The molecule has 0 aliphatic heterocycles. The first-order valence-corrected chi connectivity index (χ1v) is 8.74. The van der Waals surface area contributed by atoms with Crippen molar-refractivity contribution < 1.29 is 14.3 Å². The van der Waals surface area contributed by atoms with Gasteiger partial charge in [-0.1, -0.05) is 41.3 Å². The van der Waals surface area contributed by atoms with Crippen LogP contribution in [0.3, 0.4) is 0 Å². The van der Waals surface area contributed by atoms with Gasteiger partial charge in [0.25, 0.3) is 0 Å². The van der Waals surface area contributed by atoms with Crippen molar-refractivity contribution in [3.05, 3.63) is 33.8 Å². The number of carbonyl (C=O) groups excluding carboxylic acids is 2. The lowest BCUT2D eigenvalue weighted by atomic mass is 10.2. The highest BCUT2D eigenvalue weighted by molar-refractivity contribution is 8.02. The van der Waals surface area contributed by atoms with E-state index in [1.807, 2.05) is 31.2 Å². The van der Waals surface area contributed by atoms with Crippen molar-refractivity contribution in [2.24, 2.45) is 0 Å². The van der Waals surface area contributed by atoms with Gasteiger partial charge in [0.05, 0.1) is 18.0 Å². The number of nitrogens with one attached hydrogen (secondary N) is 1. The van der Waals surface area contributed by atoms with Gasteiger partial charge in [-0.25, -0.2) is 9.48 Å². The summed E-state index contributed by atoms with van der Waals surface area (Å²) in [5.41, 5.74) is 1.97. The quantitative estimate of drug-likeness (QED) is 0.658. The Morgan fingerprint density at radius 2 is 2.13 bits per heavy atom. The van der Waals surface area contributed by atoms with Gasteiger partial charge >= 0.3 is 6.09 Å². The predicted octanol–water partition coefficient (Wildman–Crippen LogP) is 3.33. The van der Waals surface area contributed by atoms with Crippen LogP contribution in [-0.4, -0.2) is 34.1 Å². The number of nitrogens with zero attached hydrogens (tertiary/aromatic N) is 2. The Kier molecular flexibility index (Phi) is 5.91. The minimum absolute atomic E-state index is 0.439. The maximum Gasteiger partial charge on any atom is 0.413 e. The monoisotopic (exact) mass is 369 g/mol. The van der Waals surface area contributed by atoms with E-state index in [1.54, 1.807) is 11.6 Å². The predicted molar refractivity (Wildman–Crippen MR) is 92.9 cm³/mol. The third-order valence-corrected chi connectivity index (χ3v) is 5.35. The number of thioether (sulfide) groups is 1. The van der Waals surface area contributed by atoms with Crippen LogP contribution in [0.5, 0.6) is 0 Å². The van der Waals surface area contributed by atoms with E-state index in [0.29, 0.717) is 8.29 Å². The third kappa shape index (κ3) is 4.40. The molecule has 0 saturated carbocycles. The number of hydrogen-bond acceptors (Lipinski definition) is 7. The summed E-state index contributed by atoms with van der Waals surface area (Å²) >= 11 is 7.91. The minimum atomic E-state index is -0.777. The molecule has 0 unspecified atom stereocenters. The summed E-state index contributed by atoms with van der Waals surface area (Å²) in [5, 5.41) is 6.10. The SMILES string of the molecule is COC(=O)NC(=O)[C@@H](C)Sc1nn(-c2ccccc2C)c(=S)s1. The number of aromatic nitrogens is 2. The van der Waals surface area contributed by atoms with Crippen LogP contribution in [0.1, 0.15) is 12.5 Å². The molecule has 9 heteroatoms. The first-order valence-electron chi connectivity index (χ1n) is 6.64. The Morgan fingerprint density at radius 1 is 1.43 bits per heavy atom. The molecule has 2 aromatic rings. The Morgan fingerprint density at radius 3 is 2.78 bits per heavy atom. The standard InChI is InChI=1S/C14H15N3O3S3/c1-8-6-4-5-7-10(8)17-14(21)23-13(16-17)22-9(2)11(18)15-12(19)20-3/h4-7,9H,1-3H3,(H,15,18,19)/t9-/m1/s1. The molecule has 1 atom stereocenters. The Labute approximate surface area is 146 Å². The summed E-state index contributed by atoms with van der Waals surface area (Å²) < 4.78 is 7.34. The molecule has 0 saturated heterocycles. The van der Waals surface area contributed by atoms with Gasteiger partial charge in [-0.05, 0) is 37.7 Å². The molecule has 2 amide bonds. The van der Waals surface area contributed by atoms with E-state index in [1.165, 1.54) is 30.2 Å². The molecule has 1 heterocycles. The second-order valence-electron chi connectivity index (χ2n) is 4.57. The topological polar surface area (TPSA) is 73.2 Å². The smallest absolute Gasteiger partial charge is 0.413 e. The Bertz CT molecular complexity index is 785. The summed E-state index contributed by atoms with van der Waals surface area (Å²) in [6.07, 6.45) is -0.777. The zero-order chi connectivity index (χ0) is 17.0. The maximum atomic E-state index is 11.8. The zero-order valence-electron chi connectivity index (χ0n) is 12.7. The van der Waals surface area contributed by atoms with Crippen molar-refractivity contribution in [2.45, 2.75) is 23.4 Å². The van der Waals surface area contributed by atoms with Gasteiger partial charge in [-0.2, -0.15) is 0 Å². The highest BCUT2D eigenvalue weighted by Gasteiger charge is 2.19. The van der Waals surface area contributed by atoms with Crippen LogP contribution in [0, 0.1) is 10.9 Å². The minimum Gasteiger partial charge on any atom is -0.453 e. The molecular formula is C14H15N3O3S3. The van der Waals surface area contributed by atoms with Crippen molar-refractivity contribution in [3.63, 3.8) is 0 Å². The molecule has 6 nitrogen and oxygen atoms in total. The molecule has 0 fully saturated rings. The Balaban J connectivity index is 2.16. The number of aryl methyl sites for hydroxylation is 1. The van der Waals surface area contributed by atoms with Crippen molar-refractivity contribution >= 4 is 47.3 Å². The lowest BCUT2D eigenvalue weighted by Gasteiger charge is -2.08. The second kappa shape index (κ2) is 7.71. The van der Waals surface area contributed by atoms with Crippen LogP contribution < -0.4 is 5.32 Å². The normalized spacial score (nSPS) is 11.8. The lowest BCUT2D eigenvalue weighted by molar-refractivity contribution is -0.119. The highest BCUT2D eigenvalue weighted by atomic mass is 32.2.